The average molecular weight is 176 g/mol. The lowest BCUT2D eigenvalue weighted by molar-refractivity contribution is 0.274. The lowest BCUT2D eigenvalue weighted by Gasteiger charge is -2.27. The molecular formula is C10H12N2O. The highest BCUT2D eigenvalue weighted by Crippen LogP contribution is 2.44. The normalized spacial score (nSPS) is 21.6. The van der Waals surface area contributed by atoms with Crippen molar-refractivity contribution in [1.29, 1.82) is 0 Å². The Bertz CT molecular complexity index is 358. The Morgan fingerprint density at radius 3 is 3.15 bits per heavy atom. The maximum atomic E-state index is 5.63. The molecule has 0 saturated heterocycles. The monoisotopic (exact) mass is 176 g/mol. The largest absolute Gasteiger partial charge is 0.487 e. The second-order valence-electron chi connectivity index (χ2n) is 4.02. The highest BCUT2D eigenvalue weighted by Gasteiger charge is 2.46. The van der Waals surface area contributed by atoms with E-state index in [0.717, 1.165) is 23.7 Å². The van der Waals surface area contributed by atoms with Crippen LogP contribution >= 0.6 is 0 Å². The Balaban J connectivity index is 2.02. The summed E-state index contributed by atoms with van der Waals surface area (Å²) < 4.78 is 5.63. The summed E-state index contributed by atoms with van der Waals surface area (Å²) >= 11 is 0. The molecule has 1 aliphatic heterocycles. The molecule has 3 nitrogen and oxygen atoms in total. The summed E-state index contributed by atoms with van der Waals surface area (Å²) in [5.74, 6) is 0.892. The van der Waals surface area contributed by atoms with Crippen LogP contribution in [0.25, 0.3) is 0 Å². The molecule has 1 aromatic heterocycles. The number of fused-ring (bicyclic) bond motifs is 1. The molecule has 1 spiro atoms. The maximum absolute atomic E-state index is 5.63. The third-order valence-electron chi connectivity index (χ3n) is 2.76. The minimum atomic E-state index is 0.265. The summed E-state index contributed by atoms with van der Waals surface area (Å²) in [5, 5.41) is 3.52. The molecule has 68 valence electrons. The van der Waals surface area contributed by atoms with Crippen molar-refractivity contribution in [2.45, 2.75) is 25.3 Å². The number of hydrogen-bond donors (Lipinski definition) is 1. The van der Waals surface area contributed by atoms with E-state index in [1.807, 2.05) is 6.92 Å². The first-order valence-corrected chi connectivity index (χ1v) is 4.65. The van der Waals surface area contributed by atoms with Crippen LogP contribution in [-0.2, 0) is 0 Å². The topological polar surface area (TPSA) is 34.1 Å². The zero-order chi connectivity index (χ0) is 8.89. The minimum absolute atomic E-state index is 0.265. The summed E-state index contributed by atoms with van der Waals surface area (Å²) in [6.07, 6.45) is 4.26. The van der Waals surface area contributed by atoms with Crippen LogP contribution < -0.4 is 10.1 Å². The molecule has 1 saturated carbocycles. The van der Waals surface area contributed by atoms with Crippen molar-refractivity contribution in [1.82, 2.24) is 4.98 Å². The van der Waals surface area contributed by atoms with Gasteiger partial charge in [-0.3, -0.25) is 4.98 Å². The van der Waals surface area contributed by atoms with Gasteiger partial charge in [-0.2, -0.15) is 0 Å². The van der Waals surface area contributed by atoms with Crippen LogP contribution in [0.1, 0.15) is 18.5 Å². The van der Waals surface area contributed by atoms with Gasteiger partial charge in [0.15, 0.2) is 5.75 Å². The SMILES string of the molecule is Cc1cc2c(cn1)OCC1(CC1)N2. The standard InChI is InChI=1S/C10H12N2O/c1-7-4-8-9(5-11-7)13-6-10(12-8)2-3-10/h4-5,12H,2-3,6H2,1H3. The van der Waals surface area contributed by atoms with E-state index >= 15 is 0 Å². The van der Waals surface area contributed by atoms with E-state index in [-0.39, 0.29) is 5.54 Å². The summed E-state index contributed by atoms with van der Waals surface area (Å²) in [4.78, 5) is 4.20. The number of nitrogens with one attached hydrogen (secondary N) is 1. The van der Waals surface area contributed by atoms with Gasteiger partial charge in [0.25, 0.3) is 0 Å². The lowest BCUT2D eigenvalue weighted by atomic mass is 10.2. The summed E-state index contributed by atoms with van der Waals surface area (Å²) in [7, 11) is 0. The van der Waals surface area contributed by atoms with Gasteiger partial charge in [-0.05, 0) is 25.8 Å². The van der Waals surface area contributed by atoms with E-state index in [4.69, 9.17) is 4.74 Å². The molecular weight excluding hydrogens is 164 g/mol. The van der Waals surface area contributed by atoms with E-state index in [9.17, 15) is 0 Å². The van der Waals surface area contributed by atoms with Crippen molar-refractivity contribution in [3.8, 4) is 5.75 Å². The molecule has 0 aromatic carbocycles. The van der Waals surface area contributed by atoms with Crippen LogP contribution in [0.2, 0.25) is 0 Å². The summed E-state index contributed by atoms with van der Waals surface area (Å²) in [5.41, 5.74) is 2.41. The van der Waals surface area contributed by atoms with Gasteiger partial charge in [0.1, 0.15) is 6.61 Å². The first-order valence-electron chi connectivity index (χ1n) is 4.65. The molecule has 0 amide bonds. The van der Waals surface area contributed by atoms with Gasteiger partial charge in [-0.1, -0.05) is 0 Å². The molecule has 1 aromatic rings. The van der Waals surface area contributed by atoms with Crippen LogP contribution in [0.3, 0.4) is 0 Å². The zero-order valence-corrected chi connectivity index (χ0v) is 7.63. The van der Waals surface area contributed by atoms with Crippen LogP contribution in [0, 0.1) is 6.92 Å². The molecule has 0 atom stereocenters. The third kappa shape index (κ3) is 1.07. The van der Waals surface area contributed by atoms with E-state index in [0.29, 0.717) is 0 Å². The van der Waals surface area contributed by atoms with E-state index in [1.54, 1.807) is 6.20 Å². The highest BCUT2D eigenvalue weighted by molar-refractivity contribution is 5.60. The third-order valence-corrected chi connectivity index (χ3v) is 2.76. The van der Waals surface area contributed by atoms with Gasteiger partial charge in [-0.25, -0.2) is 0 Å². The van der Waals surface area contributed by atoms with Crippen LogP contribution in [-0.4, -0.2) is 17.1 Å². The van der Waals surface area contributed by atoms with Crippen LogP contribution in [0.4, 0.5) is 5.69 Å². The minimum Gasteiger partial charge on any atom is -0.487 e. The zero-order valence-electron chi connectivity index (χ0n) is 7.63. The van der Waals surface area contributed by atoms with Crippen LogP contribution in [0.5, 0.6) is 5.75 Å². The van der Waals surface area contributed by atoms with Crippen molar-refractivity contribution < 1.29 is 4.74 Å². The van der Waals surface area contributed by atoms with Crippen molar-refractivity contribution in [3.63, 3.8) is 0 Å². The lowest BCUT2D eigenvalue weighted by Crippen LogP contribution is -2.33. The summed E-state index contributed by atoms with van der Waals surface area (Å²) in [6.45, 7) is 2.79. The molecule has 3 heteroatoms. The van der Waals surface area contributed by atoms with Gasteiger partial charge < -0.3 is 10.1 Å². The Labute approximate surface area is 77.1 Å². The van der Waals surface area contributed by atoms with Gasteiger partial charge >= 0.3 is 0 Å². The summed E-state index contributed by atoms with van der Waals surface area (Å²) in [6, 6.07) is 2.05. The first kappa shape index (κ1) is 7.18. The quantitative estimate of drug-likeness (QED) is 0.653. The number of anilines is 1. The molecule has 2 heterocycles. The number of rotatable bonds is 0. The van der Waals surface area contributed by atoms with Crippen molar-refractivity contribution >= 4 is 5.69 Å². The second-order valence-corrected chi connectivity index (χ2v) is 4.02. The molecule has 2 aliphatic rings. The number of aryl methyl sites for hydroxylation is 1. The molecule has 13 heavy (non-hydrogen) atoms. The fraction of sp³-hybridized carbons (Fsp3) is 0.500. The Morgan fingerprint density at radius 1 is 1.54 bits per heavy atom. The van der Waals surface area contributed by atoms with Gasteiger partial charge in [0, 0.05) is 5.69 Å². The van der Waals surface area contributed by atoms with Gasteiger partial charge in [0.2, 0.25) is 0 Å². The number of ether oxygens (including phenoxy) is 1. The highest BCUT2D eigenvalue weighted by atomic mass is 16.5. The van der Waals surface area contributed by atoms with Gasteiger partial charge in [0.05, 0.1) is 17.4 Å². The smallest absolute Gasteiger partial charge is 0.160 e. The van der Waals surface area contributed by atoms with Gasteiger partial charge in [-0.15, -0.1) is 0 Å². The second kappa shape index (κ2) is 2.16. The van der Waals surface area contributed by atoms with Crippen molar-refractivity contribution in [3.05, 3.63) is 18.0 Å². The Kier molecular flexibility index (Phi) is 1.19. The molecule has 0 unspecified atom stereocenters. The molecule has 3 rings (SSSR count). The fourth-order valence-electron chi connectivity index (χ4n) is 1.72. The number of pyridine rings is 1. The molecule has 1 N–H and O–H groups in total. The predicted octanol–water partition coefficient (Wildman–Crippen LogP) is 1.73. The average Bonchev–Trinajstić information content (AvgIpc) is 2.84. The van der Waals surface area contributed by atoms with Crippen molar-refractivity contribution in [2.24, 2.45) is 0 Å². The molecule has 0 radical (unpaired) electrons. The number of nitrogens with zero attached hydrogens (tertiary/aromatic N) is 1. The Hall–Kier alpha value is -1.25. The fourth-order valence-corrected chi connectivity index (χ4v) is 1.72. The maximum Gasteiger partial charge on any atom is 0.160 e. The van der Waals surface area contributed by atoms with E-state index < -0.39 is 0 Å². The molecule has 1 fully saturated rings. The van der Waals surface area contributed by atoms with E-state index in [2.05, 4.69) is 16.4 Å². The molecule has 0 bridgehead atoms. The van der Waals surface area contributed by atoms with E-state index in [1.165, 1.54) is 12.8 Å². The predicted molar refractivity (Wildman–Crippen MR) is 50.1 cm³/mol. The Morgan fingerprint density at radius 2 is 2.38 bits per heavy atom. The first-order chi connectivity index (χ1) is 6.27. The van der Waals surface area contributed by atoms with Crippen LogP contribution in [0.15, 0.2) is 12.3 Å². The molecule has 1 aliphatic carbocycles. The number of aromatic nitrogens is 1. The number of hydrogen-bond acceptors (Lipinski definition) is 3. The van der Waals surface area contributed by atoms with Crippen molar-refractivity contribution in [2.75, 3.05) is 11.9 Å².